The molecule has 8 rings (SSSR count). The van der Waals surface area contributed by atoms with Crippen LogP contribution in [0.25, 0.3) is 44.8 Å². The highest BCUT2D eigenvalue weighted by Gasteiger charge is 2.36. The zero-order valence-corrected chi connectivity index (χ0v) is 33.6. The molecule has 2 saturated heterocycles. The van der Waals surface area contributed by atoms with Gasteiger partial charge < -0.3 is 38.7 Å². The molecule has 0 saturated carbocycles. The van der Waals surface area contributed by atoms with Crippen molar-refractivity contribution in [3.8, 4) is 22.6 Å². The number of aliphatic hydroxyl groups is 4. The van der Waals surface area contributed by atoms with Gasteiger partial charge in [-0.3, -0.25) is 9.13 Å². The molecule has 59 heavy (non-hydrogen) atoms. The molecule has 2 fully saturated rings. The van der Waals surface area contributed by atoms with E-state index in [9.17, 15) is 30.0 Å². The molecule has 0 radical (unpaired) electrons. The number of unbranched alkanes of at least 4 members (excludes halogenated alkanes) is 5. The van der Waals surface area contributed by atoms with Crippen molar-refractivity contribution < 1.29 is 38.7 Å². The van der Waals surface area contributed by atoms with Crippen LogP contribution in [0.3, 0.4) is 0 Å². The van der Waals surface area contributed by atoms with Gasteiger partial charge in [0.1, 0.15) is 36.2 Å². The number of rotatable bonds is 15. The van der Waals surface area contributed by atoms with Gasteiger partial charge in [-0.25, -0.2) is 9.59 Å². The first-order valence-electron chi connectivity index (χ1n) is 20.8. The summed E-state index contributed by atoms with van der Waals surface area (Å²) in [6, 6.07) is 20.2. The van der Waals surface area contributed by atoms with Crippen molar-refractivity contribution in [2.75, 3.05) is 13.2 Å². The smallest absolute Gasteiger partial charge is 0.353 e. The Morgan fingerprint density at radius 1 is 0.610 bits per heavy atom. The van der Waals surface area contributed by atoms with E-state index in [1.165, 1.54) is 65.2 Å². The maximum Gasteiger partial charge on any atom is 0.353 e. The first-order valence-corrected chi connectivity index (χ1v) is 20.8. The first kappa shape index (κ1) is 42.2. The molecule has 14 heteroatoms. The molecular formula is C45H54N4O10. The van der Waals surface area contributed by atoms with E-state index in [0.29, 0.717) is 22.3 Å². The number of furan rings is 2. The van der Waals surface area contributed by atoms with E-state index in [-0.39, 0.29) is 37.5 Å². The van der Waals surface area contributed by atoms with Crippen molar-refractivity contribution in [1.82, 2.24) is 19.1 Å². The third-order valence-electron chi connectivity index (χ3n) is 11.1. The van der Waals surface area contributed by atoms with Crippen LogP contribution in [0.2, 0.25) is 0 Å². The molecule has 2 aliphatic heterocycles. The van der Waals surface area contributed by atoms with Gasteiger partial charge in [0.05, 0.1) is 36.2 Å². The van der Waals surface area contributed by atoms with Crippen LogP contribution >= 0.6 is 0 Å². The Kier molecular flexibility index (Phi) is 13.9. The van der Waals surface area contributed by atoms with E-state index >= 15 is 0 Å². The van der Waals surface area contributed by atoms with E-state index in [4.69, 9.17) is 18.3 Å². The number of ether oxygens (including phenoxy) is 2. The lowest BCUT2D eigenvalue weighted by atomic mass is 10.0. The fourth-order valence-corrected chi connectivity index (χ4v) is 7.65. The molecule has 6 aromatic rings. The lowest BCUT2D eigenvalue weighted by Crippen LogP contribution is -2.27. The molecule has 6 unspecified atom stereocenters. The van der Waals surface area contributed by atoms with Crippen LogP contribution in [0.1, 0.15) is 95.2 Å². The number of hydrogen-bond acceptors (Lipinski definition) is 12. The zero-order valence-electron chi connectivity index (χ0n) is 33.6. The highest BCUT2D eigenvalue weighted by atomic mass is 16.5. The summed E-state index contributed by atoms with van der Waals surface area (Å²) in [6.07, 6.45) is 10.1. The fraction of sp³-hybridized carbons (Fsp3) is 0.467. The number of fused-ring (bicyclic) bond motifs is 2. The van der Waals surface area contributed by atoms with Crippen molar-refractivity contribution in [1.29, 1.82) is 0 Å². The molecular weight excluding hydrogens is 757 g/mol. The van der Waals surface area contributed by atoms with Gasteiger partial charge in [0.25, 0.3) is 0 Å². The molecule has 314 valence electrons. The number of nitrogens with zero attached hydrogens (tertiary/aromatic N) is 4. The molecule has 2 aliphatic rings. The second-order valence-corrected chi connectivity index (χ2v) is 15.5. The summed E-state index contributed by atoms with van der Waals surface area (Å²) in [5.41, 5.74) is 3.97. The fourth-order valence-electron chi connectivity index (χ4n) is 7.65. The molecule has 14 nitrogen and oxygen atoms in total. The predicted octanol–water partition coefficient (Wildman–Crippen LogP) is 6.45. The number of aryl methyl sites for hydroxylation is 2. The molecule has 4 aromatic heterocycles. The summed E-state index contributed by atoms with van der Waals surface area (Å²) in [4.78, 5) is 32.9. The van der Waals surface area contributed by atoms with Crippen molar-refractivity contribution in [2.24, 2.45) is 0 Å². The summed E-state index contributed by atoms with van der Waals surface area (Å²) in [7, 11) is 0. The number of hydrogen-bond donors (Lipinski definition) is 4. The number of aliphatic hydroxyl groups excluding tert-OH is 4. The highest BCUT2D eigenvalue weighted by molar-refractivity contribution is 5.80. The summed E-state index contributed by atoms with van der Waals surface area (Å²) in [5, 5.41) is 39.7. The third kappa shape index (κ3) is 9.92. The van der Waals surface area contributed by atoms with Crippen LogP contribution in [-0.4, -0.2) is 77.2 Å². The van der Waals surface area contributed by atoms with Crippen LogP contribution in [0, 0.1) is 0 Å². The third-order valence-corrected chi connectivity index (χ3v) is 11.1. The Labute approximate surface area is 341 Å². The minimum Gasteiger partial charge on any atom is -0.437 e. The van der Waals surface area contributed by atoms with Crippen molar-refractivity contribution in [2.45, 2.75) is 121 Å². The normalized spacial score (nSPS) is 21.7. The van der Waals surface area contributed by atoms with Crippen LogP contribution in [0.5, 0.6) is 0 Å². The quantitative estimate of drug-likeness (QED) is 0.0830. The maximum atomic E-state index is 12.4. The van der Waals surface area contributed by atoms with Gasteiger partial charge in [0.2, 0.25) is 11.4 Å². The Morgan fingerprint density at radius 3 is 1.41 bits per heavy atom. The second-order valence-electron chi connectivity index (χ2n) is 15.5. The van der Waals surface area contributed by atoms with Gasteiger partial charge in [0.15, 0.2) is 0 Å². The van der Waals surface area contributed by atoms with Crippen LogP contribution in [0.4, 0.5) is 0 Å². The van der Waals surface area contributed by atoms with Crippen LogP contribution in [0.15, 0.2) is 91.5 Å². The van der Waals surface area contributed by atoms with Gasteiger partial charge in [-0.2, -0.15) is 9.97 Å². The molecule has 0 bridgehead atoms. The summed E-state index contributed by atoms with van der Waals surface area (Å²) in [5.74, 6) is 1.29. The highest BCUT2D eigenvalue weighted by Crippen LogP contribution is 2.32. The molecule has 2 aromatic carbocycles. The van der Waals surface area contributed by atoms with E-state index in [0.717, 1.165) is 24.0 Å². The SMILES string of the molecule is CCCCCCc1ccc(-c2cc3cn(C4CC(O)C(CO)O4)c(=O)nc3o2)cc1.CCCCCc1ccc(-c2cc3cn(C4CC(O)C(CO)O4)c(=O)nc3o2)cc1. The minimum absolute atomic E-state index is 0.225. The molecule has 6 atom stereocenters. The summed E-state index contributed by atoms with van der Waals surface area (Å²) >= 11 is 0. The van der Waals surface area contributed by atoms with Gasteiger partial charge in [-0.05, 0) is 48.9 Å². The van der Waals surface area contributed by atoms with Crippen molar-refractivity contribution in [3.05, 3.63) is 105 Å². The van der Waals surface area contributed by atoms with E-state index in [1.807, 2.05) is 36.4 Å². The van der Waals surface area contributed by atoms with Crippen molar-refractivity contribution >= 4 is 22.2 Å². The van der Waals surface area contributed by atoms with E-state index in [2.05, 4.69) is 48.1 Å². The average molecular weight is 811 g/mol. The lowest BCUT2D eigenvalue weighted by molar-refractivity contribution is -0.0457. The van der Waals surface area contributed by atoms with Gasteiger partial charge >= 0.3 is 11.4 Å². The minimum atomic E-state index is -0.817. The zero-order chi connectivity index (χ0) is 41.5. The Hall–Kier alpha value is -4.96. The average Bonchev–Trinajstić information content (AvgIpc) is 4.04. The summed E-state index contributed by atoms with van der Waals surface area (Å²) < 4.78 is 25.5. The number of benzene rings is 2. The van der Waals surface area contributed by atoms with Gasteiger partial charge in [-0.1, -0.05) is 94.5 Å². The number of aromatic nitrogens is 4. The summed E-state index contributed by atoms with van der Waals surface area (Å²) in [6.45, 7) is 3.81. The standard InChI is InChI=1S/C23H28N2O5.C22H26N2O5/c1-2-3-4-5-6-15-7-9-16(10-8-15)19-11-17-13-25(23(28)24-22(17)30-19)21-12-18(27)20(14-26)29-21;1-2-3-4-5-14-6-8-15(9-7-14)18-10-16-12-24(22(27)23-21(16)29-18)20-11-17(26)19(13-25)28-20/h7-11,13,18,20-21,26-27H,2-6,12,14H2,1H3;6-10,12,17,19-20,25-26H,2-5,11,13H2,1H3. The second kappa shape index (κ2) is 19.4. The Morgan fingerprint density at radius 2 is 1.02 bits per heavy atom. The monoisotopic (exact) mass is 810 g/mol. The largest absolute Gasteiger partial charge is 0.437 e. The van der Waals surface area contributed by atoms with E-state index in [1.54, 1.807) is 12.4 Å². The molecule has 0 amide bonds. The molecule has 6 heterocycles. The van der Waals surface area contributed by atoms with Gasteiger partial charge in [-0.15, -0.1) is 0 Å². The maximum absolute atomic E-state index is 12.4. The van der Waals surface area contributed by atoms with Gasteiger partial charge in [0, 0.05) is 36.4 Å². The van der Waals surface area contributed by atoms with Crippen molar-refractivity contribution in [3.63, 3.8) is 0 Å². The molecule has 4 N–H and O–H groups in total. The molecule has 0 spiro atoms. The first-order chi connectivity index (χ1) is 28.7. The van der Waals surface area contributed by atoms with E-state index < -0.39 is 48.3 Å². The Balaban J connectivity index is 0.000000179. The molecule has 0 aliphatic carbocycles. The Bertz CT molecular complexity index is 2400. The predicted molar refractivity (Wildman–Crippen MR) is 222 cm³/mol. The lowest BCUT2D eigenvalue weighted by Gasteiger charge is -2.13. The van der Waals surface area contributed by atoms with Crippen LogP contribution in [-0.2, 0) is 22.3 Å². The topological polar surface area (TPSA) is 195 Å². The van der Waals surface area contributed by atoms with Crippen LogP contribution < -0.4 is 11.4 Å².